The maximum Gasteiger partial charge on any atom is 0.338 e. The van der Waals surface area contributed by atoms with E-state index in [9.17, 15) is 18.0 Å². The summed E-state index contributed by atoms with van der Waals surface area (Å²) in [5.41, 5.74) is 0.755. The van der Waals surface area contributed by atoms with E-state index in [1.165, 1.54) is 36.2 Å². The lowest BCUT2D eigenvalue weighted by Gasteiger charge is -2.26. The van der Waals surface area contributed by atoms with E-state index in [1.54, 1.807) is 12.1 Å². The van der Waals surface area contributed by atoms with Crippen molar-refractivity contribution in [3.8, 4) is 0 Å². The fraction of sp³-hybridized carbons (Fsp3) is 0.263. The molecule has 0 aromatic heterocycles. The van der Waals surface area contributed by atoms with Gasteiger partial charge >= 0.3 is 5.97 Å². The number of amides is 1. The molecule has 2 aromatic rings. The summed E-state index contributed by atoms with van der Waals surface area (Å²) in [5.74, 6) is -1.14. The van der Waals surface area contributed by atoms with Crippen LogP contribution in [0.1, 0.15) is 24.2 Å². The number of nitrogens with one attached hydrogen (secondary N) is 1. The monoisotopic (exact) mass is 390 g/mol. The summed E-state index contributed by atoms with van der Waals surface area (Å²) in [4.78, 5) is 26.3. The fourth-order valence-electron chi connectivity index (χ4n) is 2.51. The molecule has 0 heterocycles. The lowest BCUT2D eigenvalue weighted by Crippen LogP contribution is -2.39. The molecule has 0 saturated carbocycles. The summed E-state index contributed by atoms with van der Waals surface area (Å²) in [6.45, 7) is 3.27. The van der Waals surface area contributed by atoms with Gasteiger partial charge in [0.15, 0.2) is 6.61 Å². The smallest absolute Gasteiger partial charge is 0.338 e. The zero-order valence-corrected chi connectivity index (χ0v) is 16.2. The van der Waals surface area contributed by atoms with Gasteiger partial charge in [-0.05, 0) is 51.2 Å². The average molecular weight is 390 g/mol. The van der Waals surface area contributed by atoms with Crippen molar-refractivity contribution in [3.63, 3.8) is 0 Å². The Labute approximate surface area is 159 Å². The van der Waals surface area contributed by atoms with Crippen molar-refractivity contribution < 1.29 is 22.7 Å². The first-order chi connectivity index (χ1) is 12.8. The van der Waals surface area contributed by atoms with Crippen LogP contribution in [0.25, 0.3) is 0 Å². The van der Waals surface area contributed by atoms with Crippen molar-refractivity contribution in [2.45, 2.75) is 24.8 Å². The number of hydrogen-bond donors (Lipinski definition) is 1. The third-order valence-corrected chi connectivity index (χ3v) is 5.21. The minimum absolute atomic E-state index is 0.0509. The predicted octanol–water partition coefficient (Wildman–Crippen LogP) is 2.19. The third kappa shape index (κ3) is 5.15. The fourth-order valence-corrected chi connectivity index (χ4v) is 3.28. The molecule has 0 atom stereocenters. The lowest BCUT2D eigenvalue weighted by atomic mass is 10.2. The van der Waals surface area contributed by atoms with Crippen molar-refractivity contribution >= 4 is 27.6 Å². The van der Waals surface area contributed by atoms with E-state index in [-0.39, 0.29) is 22.4 Å². The highest BCUT2D eigenvalue weighted by molar-refractivity contribution is 7.89. The Balaban J connectivity index is 2.10. The van der Waals surface area contributed by atoms with Gasteiger partial charge in [0.2, 0.25) is 10.0 Å². The van der Waals surface area contributed by atoms with Gasteiger partial charge in [-0.2, -0.15) is 0 Å². The molecule has 0 unspecified atom stereocenters. The number of nitrogens with zero attached hydrogens (tertiary/aromatic N) is 1. The predicted molar refractivity (Wildman–Crippen MR) is 102 cm³/mol. The van der Waals surface area contributed by atoms with Gasteiger partial charge in [0.05, 0.1) is 10.5 Å². The van der Waals surface area contributed by atoms with Crippen molar-refractivity contribution in [3.05, 3.63) is 60.2 Å². The Bertz CT molecular complexity index is 911. The average Bonchev–Trinajstić information content (AvgIpc) is 2.67. The Morgan fingerprint density at radius 1 is 1.07 bits per heavy atom. The molecule has 0 spiro atoms. The van der Waals surface area contributed by atoms with E-state index in [0.717, 1.165) is 0 Å². The van der Waals surface area contributed by atoms with Crippen LogP contribution in [0.5, 0.6) is 0 Å². The molecule has 1 N–H and O–H groups in total. The van der Waals surface area contributed by atoms with Crippen LogP contribution >= 0.6 is 0 Å². The van der Waals surface area contributed by atoms with Crippen molar-refractivity contribution in [1.29, 1.82) is 0 Å². The molecule has 1 amide bonds. The standard InChI is InChI=1S/C19H22N2O5S/c1-14(2)21(16-9-5-4-6-10-16)18(22)13-26-19(23)15-8-7-11-17(12-15)27(24,25)20-3/h4-12,14,20H,13H2,1-3H3. The second kappa shape index (κ2) is 8.79. The topological polar surface area (TPSA) is 92.8 Å². The number of anilines is 1. The first-order valence-electron chi connectivity index (χ1n) is 8.34. The molecule has 27 heavy (non-hydrogen) atoms. The van der Waals surface area contributed by atoms with Gasteiger partial charge in [0, 0.05) is 11.7 Å². The number of carbonyl (C=O) groups is 2. The highest BCUT2D eigenvalue weighted by Crippen LogP contribution is 2.17. The van der Waals surface area contributed by atoms with Crippen molar-refractivity contribution in [1.82, 2.24) is 4.72 Å². The molecular weight excluding hydrogens is 368 g/mol. The Kier molecular flexibility index (Phi) is 6.70. The van der Waals surface area contributed by atoms with Gasteiger partial charge in [0.1, 0.15) is 0 Å². The molecule has 0 radical (unpaired) electrons. The van der Waals surface area contributed by atoms with Gasteiger partial charge in [-0.15, -0.1) is 0 Å². The van der Waals surface area contributed by atoms with Crippen molar-refractivity contribution in [2.24, 2.45) is 0 Å². The van der Waals surface area contributed by atoms with Gasteiger partial charge in [0.25, 0.3) is 5.91 Å². The quantitative estimate of drug-likeness (QED) is 0.732. The molecule has 0 aliphatic rings. The number of carbonyl (C=O) groups excluding carboxylic acids is 2. The molecule has 144 valence electrons. The first kappa shape index (κ1) is 20.6. The second-order valence-corrected chi connectivity index (χ2v) is 7.89. The van der Waals surface area contributed by atoms with E-state index in [1.807, 2.05) is 32.0 Å². The highest BCUT2D eigenvalue weighted by Gasteiger charge is 2.21. The molecule has 0 bridgehead atoms. The molecule has 0 saturated heterocycles. The summed E-state index contributed by atoms with van der Waals surface area (Å²) >= 11 is 0. The maximum absolute atomic E-state index is 12.5. The SMILES string of the molecule is CNS(=O)(=O)c1cccc(C(=O)OCC(=O)N(c2ccccc2)C(C)C)c1. The normalized spacial score (nSPS) is 11.3. The van der Waals surface area contributed by atoms with E-state index in [4.69, 9.17) is 4.74 Å². The number of benzene rings is 2. The minimum atomic E-state index is -3.68. The van der Waals surface area contributed by atoms with Crippen LogP contribution in [-0.4, -0.2) is 40.0 Å². The van der Waals surface area contributed by atoms with Gasteiger partial charge in [-0.3, -0.25) is 4.79 Å². The number of para-hydroxylation sites is 1. The third-order valence-electron chi connectivity index (χ3n) is 3.79. The summed E-state index contributed by atoms with van der Waals surface area (Å²) in [7, 11) is -2.40. The largest absolute Gasteiger partial charge is 0.452 e. The Hall–Kier alpha value is -2.71. The zero-order valence-electron chi connectivity index (χ0n) is 15.4. The van der Waals surface area contributed by atoms with Crippen LogP contribution in [0.3, 0.4) is 0 Å². The van der Waals surface area contributed by atoms with Crippen LogP contribution in [0.15, 0.2) is 59.5 Å². The van der Waals surface area contributed by atoms with E-state index in [2.05, 4.69) is 4.72 Å². The van der Waals surface area contributed by atoms with Crippen LogP contribution in [0, 0.1) is 0 Å². The highest BCUT2D eigenvalue weighted by atomic mass is 32.2. The van der Waals surface area contributed by atoms with Crippen LogP contribution in [0.2, 0.25) is 0 Å². The number of sulfonamides is 1. The number of hydrogen-bond acceptors (Lipinski definition) is 5. The van der Waals surface area contributed by atoms with E-state index >= 15 is 0 Å². The Morgan fingerprint density at radius 2 is 1.74 bits per heavy atom. The number of rotatable bonds is 7. The second-order valence-electron chi connectivity index (χ2n) is 6.00. The molecule has 2 aromatic carbocycles. The minimum Gasteiger partial charge on any atom is -0.452 e. The summed E-state index contributed by atoms with van der Waals surface area (Å²) in [6.07, 6.45) is 0. The van der Waals surface area contributed by atoms with E-state index < -0.39 is 22.6 Å². The van der Waals surface area contributed by atoms with E-state index in [0.29, 0.717) is 5.69 Å². The summed E-state index contributed by atoms with van der Waals surface area (Å²) < 4.78 is 31.0. The van der Waals surface area contributed by atoms with Crippen LogP contribution in [0.4, 0.5) is 5.69 Å². The van der Waals surface area contributed by atoms with Crippen molar-refractivity contribution in [2.75, 3.05) is 18.6 Å². The van der Waals surface area contributed by atoms with Gasteiger partial charge < -0.3 is 9.64 Å². The molecule has 8 heteroatoms. The molecular formula is C19H22N2O5S. The lowest BCUT2D eigenvalue weighted by molar-refractivity contribution is -0.122. The molecule has 7 nitrogen and oxygen atoms in total. The van der Waals surface area contributed by atoms with Gasteiger partial charge in [-0.1, -0.05) is 24.3 Å². The Morgan fingerprint density at radius 3 is 2.33 bits per heavy atom. The summed E-state index contributed by atoms with van der Waals surface area (Å²) in [6, 6.07) is 14.4. The molecule has 0 aliphatic heterocycles. The van der Waals surface area contributed by atoms with Crippen LogP contribution < -0.4 is 9.62 Å². The number of esters is 1. The molecule has 0 aliphatic carbocycles. The molecule has 0 fully saturated rings. The van der Waals surface area contributed by atoms with Gasteiger partial charge in [-0.25, -0.2) is 17.9 Å². The zero-order chi connectivity index (χ0) is 20.0. The maximum atomic E-state index is 12.5. The first-order valence-corrected chi connectivity index (χ1v) is 9.82. The molecule has 2 rings (SSSR count). The number of ether oxygens (including phenoxy) is 1. The van der Waals surface area contributed by atoms with Crippen LogP contribution in [-0.2, 0) is 19.6 Å². The summed E-state index contributed by atoms with van der Waals surface area (Å²) in [5, 5.41) is 0.